The van der Waals surface area contributed by atoms with Crippen molar-refractivity contribution in [3.05, 3.63) is 0 Å². The predicted octanol–water partition coefficient (Wildman–Crippen LogP) is 2.71. The maximum Gasteiger partial charge on any atom is 0.0252 e. The Morgan fingerprint density at radius 2 is 1.85 bits per heavy atom. The van der Waals surface area contributed by atoms with Gasteiger partial charge in [-0.3, -0.25) is 4.90 Å². The molecule has 3 heteroatoms. The van der Waals surface area contributed by atoms with Crippen LogP contribution in [-0.4, -0.2) is 61.2 Å². The highest BCUT2D eigenvalue weighted by molar-refractivity contribution is 4.92. The first-order chi connectivity index (χ1) is 9.76. The van der Waals surface area contributed by atoms with Crippen molar-refractivity contribution in [1.29, 1.82) is 0 Å². The van der Waals surface area contributed by atoms with E-state index in [1.807, 2.05) is 0 Å². The van der Waals surface area contributed by atoms with Crippen LogP contribution in [0, 0.1) is 0 Å². The van der Waals surface area contributed by atoms with Gasteiger partial charge in [0.15, 0.2) is 0 Å². The van der Waals surface area contributed by atoms with Crippen LogP contribution in [0.5, 0.6) is 0 Å². The second kappa shape index (κ2) is 8.35. The molecule has 0 bridgehead atoms. The summed E-state index contributed by atoms with van der Waals surface area (Å²) in [6, 6.07) is 2.28. The highest BCUT2D eigenvalue weighted by Crippen LogP contribution is 2.27. The van der Waals surface area contributed by atoms with Gasteiger partial charge >= 0.3 is 0 Å². The minimum Gasteiger partial charge on any atom is -0.312 e. The first kappa shape index (κ1) is 16.3. The molecule has 1 aliphatic carbocycles. The standard InChI is InChI=1S/C17H35N3/c1-4-11-18-16-9-6-7-10-17(16)20-13-8-12-19(3)14-15(20)5-2/h15-18H,4-14H2,1-3H3. The van der Waals surface area contributed by atoms with E-state index >= 15 is 0 Å². The molecule has 1 saturated heterocycles. The van der Waals surface area contributed by atoms with E-state index in [1.165, 1.54) is 71.1 Å². The molecule has 118 valence electrons. The Morgan fingerprint density at radius 1 is 1.05 bits per heavy atom. The second-order valence-corrected chi connectivity index (χ2v) is 6.83. The monoisotopic (exact) mass is 281 g/mol. The third kappa shape index (κ3) is 4.19. The van der Waals surface area contributed by atoms with Crippen LogP contribution in [0.1, 0.15) is 58.8 Å². The Balaban J connectivity index is 2.03. The van der Waals surface area contributed by atoms with E-state index in [4.69, 9.17) is 0 Å². The van der Waals surface area contributed by atoms with Crippen molar-refractivity contribution in [2.75, 3.05) is 33.2 Å². The Kier molecular flexibility index (Phi) is 6.79. The van der Waals surface area contributed by atoms with Crippen LogP contribution < -0.4 is 5.32 Å². The lowest BCUT2D eigenvalue weighted by Crippen LogP contribution is -2.56. The van der Waals surface area contributed by atoms with Crippen LogP contribution >= 0.6 is 0 Å². The summed E-state index contributed by atoms with van der Waals surface area (Å²) in [7, 11) is 2.29. The minimum atomic E-state index is 0.737. The average Bonchev–Trinajstić information content (AvgIpc) is 2.66. The Bertz CT molecular complexity index is 269. The van der Waals surface area contributed by atoms with Crippen molar-refractivity contribution in [3.8, 4) is 0 Å². The lowest BCUT2D eigenvalue weighted by molar-refractivity contribution is 0.0767. The molecule has 0 amide bonds. The van der Waals surface area contributed by atoms with Gasteiger partial charge in [-0.15, -0.1) is 0 Å². The van der Waals surface area contributed by atoms with Crippen molar-refractivity contribution in [2.24, 2.45) is 0 Å². The van der Waals surface area contributed by atoms with Crippen molar-refractivity contribution in [1.82, 2.24) is 15.1 Å². The molecule has 2 aliphatic rings. The molecule has 2 fully saturated rings. The Morgan fingerprint density at radius 3 is 2.60 bits per heavy atom. The molecule has 1 heterocycles. The number of rotatable bonds is 5. The van der Waals surface area contributed by atoms with Crippen LogP contribution in [0.25, 0.3) is 0 Å². The number of nitrogens with one attached hydrogen (secondary N) is 1. The van der Waals surface area contributed by atoms with Gasteiger partial charge in [0, 0.05) is 31.2 Å². The SMILES string of the molecule is CCCNC1CCCCC1N1CCCN(C)CC1CC. The summed E-state index contributed by atoms with van der Waals surface area (Å²) in [6.07, 6.45) is 9.52. The number of likely N-dealkylation sites (N-methyl/N-ethyl adjacent to an activating group) is 1. The number of nitrogens with zero attached hydrogens (tertiary/aromatic N) is 2. The van der Waals surface area contributed by atoms with E-state index in [1.54, 1.807) is 0 Å². The fraction of sp³-hybridized carbons (Fsp3) is 1.00. The topological polar surface area (TPSA) is 18.5 Å². The quantitative estimate of drug-likeness (QED) is 0.836. The van der Waals surface area contributed by atoms with E-state index in [0.717, 1.165) is 18.1 Å². The van der Waals surface area contributed by atoms with E-state index in [-0.39, 0.29) is 0 Å². The highest BCUT2D eigenvalue weighted by atomic mass is 15.3. The number of hydrogen-bond acceptors (Lipinski definition) is 3. The molecule has 0 aromatic carbocycles. The van der Waals surface area contributed by atoms with Gasteiger partial charge in [0.2, 0.25) is 0 Å². The third-order valence-corrected chi connectivity index (χ3v) is 5.23. The lowest BCUT2D eigenvalue weighted by atomic mass is 9.87. The molecular weight excluding hydrogens is 246 g/mol. The van der Waals surface area contributed by atoms with Gasteiger partial charge in [-0.25, -0.2) is 0 Å². The van der Waals surface area contributed by atoms with E-state index in [9.17, 15) is 0 Å². The second-order valence-electron chi connectivity index (χ2n) is 6.83. The van der Waals surface area contributed by atoms with Gasteiger partial charge in [0.1, 0.15) is 0 Å². The summed E-state index contributed by atoms with van der Waals surface area (Å²) < 4.78 is 0. The van der Waals surface area contributed by atoms with Crippen molar-refractivity contribution < 1.29 is 0 Å². The molecule has 0 aromatic rings. The van der Waals surface area contributed by atoms with Crippen LogP contribution in [-0.2, 0) is 0 Å². The molecule has 0 aromatic heterocycles. The van der Waals surface area contributed by atoms with Gasteiger partial charge < -0.3 is 10.2 Å². The minimum absolute atomic E-state index is 0.737. The molecule has 3 nitrogen and oxygen atoms in total. The summed E-state index contributed by atoms with van der Waals surface area (Å²) in [5.41, 5.74) is 0. The van der Waals surface area contributed by atoms with E-state index < -0.39 is 0 Å². The molecule has 20 heavy (non-hydrogen) atoms. The van der Waals surface area contributed by atoms with Crippen molar-refractivity contribution in [3.63, 3.8) is 0 Å². The smallest absolute Gasteiger partial charge is 0.0252 e. The van der Waals surface area contributed by atoms with E-state index in [2.05, 4.69) is 36.0 Å². The summed E-state index contributed by atoms with van der Waals surface area (Å²) in [5.74, 6) is 0. The van der Waals surface area contributed by atoms with Gasteiger partial charge in [-0.2, -0.15) is 0 Å². The van der Waals surface area contributed by atoms with Crippen LogP contribution in [0.2, 0.25) is 0 Å². The molecule has 0 spiro atoms. The van der Waals surface area contributed by atoms with E-state index in [0.29, 0.717) is 0 Å². The normalized spacial score (nSPS) is 34.0. The third-order valence-electron chi connectivity index (χ3n) is 5.23. The zero-order valence-corrected chi connectivity index (χ0v) is 13.9. The van der Waals surface area contributed by atoms with Crippen molar-refractivity contribution in [2.45, 2.75) is 76.9 Å². The Labute approximate surface area is 126 Å². The number of hydrogen-bond donors (Lipinski definition) is 1. The predicted molar refractivity (Wildman–Crippen MR) is 87.2 cm³/mol. The maximum absolute atomic E-state index is 3.84. The molecule has 3 unspecified atom stereocenters. The fourth-order valence-electron chi connectivity index (χ4n) is 4.14. The Hall–Kier alpha value is -0.120. The van der Waals surface area contributed by atoms with Gasteiger partial charge in [0.25, 0.3) is 0 Å². The molecular formula is C17H35N3. The molecule has 3 atom stereocenters. The summed E-state index contributed by atoms with van der Waals surface area (Å²) >= 11 is 0. The fourth-order valence-corrected chi connectivity index (χ4v) is 4.14. The molecule has 1 N–H and O–H groups in total. The van der Waals surface area contributed by atoms with Gasteiger partial charge in [0.05, 0.1) is 0 Å². The first-order valence-corrected chi connectivity index (χ1v) is 8.94. The molecule has 1 aliphatic heterocycles. The first-order valence-electron chi connectivity index (χ1n) is 8.94. The van der Waals surface area contributed by atoms with Crippen molar-refractivity contribution >= 4 is 0 Å². The summed E-state index contributed by atoms with van der Waals surface area (Å²) in [4.78, 5) is 5.40. The van der Waals surface area contributed by atoms with Gasteiger partial charge in [-0.05, 0) is 52.2 Å². The largest absolute Gasteiger partial charge is 0.312 e. The van der Waals surface area contributed by atoms with Gasteiger partial charge in [-0.1, -0.05) is 26.7 Å². The maximum atomic E-state index is 3.84. The average molecular weight is 281 g/mol. The van der Waals surface area contributed by atoms with Crippen LogP contribution in [0.4, 0.5) is 0 Å². The summed E-state index contributed by atoms with van der Waals surface area (Å²) in [5, 5.41) is 3.84. The van der Waals surface area contributed by atoms with Crippen LogP contribution in [0.3, 0.4) is 0 Å². The molecule has 0 radical (unpaired) electrons. The molecule has 1 saturated carbocycles. The molecule has 2 rings (SSSR count). The zero-order valence-electron chi connectivity index (χ0n) is 13.9. The zero-order chi connectivity index (χ0) is 14.4. The summed E-state index contributed by atoms with van der Waals surface area (Å²) in [6.45, 7) is 9.67. The lowest BCUT2D eigenvalue weighted by Gasteiger charge is -2.44. The highest BCUT2D eigenvalue weighted by Gasteiger charge is 2.34. The van der Waals surface area contributed by atoms with Crippen LogP contribution in [0.15, 0.2) is 0 Å².